The lowest BCUT2D eigenvalue weighted by Crippen LogP contribution is -2.44. The average Bonchev–Trinajstić information content (AvgIpc) is 2.81. The summed E-state index contributed by atoms with van der Waals surface area (Å²) in [6.07, 6.45) is 1.95. The van der Waals surface area contributed by atoms with Gasteiger partial charge in [-0.1, -0.05) is 0 Å². The molecule has 1 fully saturated rings. The number of nitrogens with zero attached hydrogens (tertiary/aromatic N) is 4. The van der Waals surface area contributed by atoms with Crippen LogP contribution in [0.5, 0.6) is 0 Å². The normalized spacial score (nSPS) is 17.6. The number of piperazine rings is 1. The van der Waals surface area contributed by atoms with Crippen molar-refractivity contribution in [2.45, 2.75) is 13.5 Å². The lowest BCUT2D eigenvalue weighted by molar-refractivity contribution is 0.313. The van der Waals surface area contributed by atoms with Crippen molar-refractivity contribution in [2.24, 2.45) is 0 Å². The highest BCUT2D eigenvalue weighted by Gasteiger charge is 2.15. The fourth-order valence-corrected chi connectivity index (χ4v) is 2.57. The zero-order valence-electron chi connectivity index (χ0n) is 11.1. The van der Waals surface area contributed by atoms with Crippen molar-refractivity contribution in [2.75, 3.05) is 38.1 Å². The third-order valence-corrected chi connectivity index (χ3v) is 3.80. The molecule has 0 bridgehead atoms. The highest BCUT2D eigenvalue weighted by atomic mass is 15.3. The van der Waals surface area contributed by atoms with Crippen molar-refractivity contribution in [3.05, 3.63) is 24.4 Å². The van der Waals surface area contributed by atoms with Crippen molar-refractivity contribution >= 4 is 16.6 Å². The van der Waals surface area contributed by atoms with Gasteiger partial charge in [0.15, 0.2) is 0 Å². The smallest absolute Gasteiger partial charge is 0.0702 e. The highest BCUT2D eigenvalue weighted by molar-refractivity contribution is 5.82. The van der Waals surface area contributed by atoms with E-state index >= 15 is 0 Å². The van der Waals surface area contributed by atoms with Gasteiger partial charge < -0.3 is 9.80 Å². The first-order valence-corrected chi connectivity index (χ1v) is 6.67. The molecule has 0 saturated carbocycles. The minimum absolute atomic E-state index is 0.926. The van der Waals surface area contributed by atoms with Crippen molar-refractivity contribution in [3.8, 4) is 0 Å². The Morgan fingerprint density at radius 3 is 2.67 bits per heavy atom. The Hall–Kier alpha value is -1.55. The van der Waals surface area contributed by atoms with Crippen molar-refractivity contribution < 1.29 is 0 Å². The Bertz CT molecular complexity index is 538. The molecule has 1 saturated heterocycles. The zero-order chi connectivity index (χ0) is 12.5. The monoisotopic (exact) mass is 244 g/mol. The molecule has 96 valence electrons. The molecule has 1 aromatic carbocycles. The number of benzene rings is 1. The fraction of sp³-hybridized carbons (Fsp3) is 0.500. The van der Waals surface area contributed by atoms with E-state index in [1.165, 1.54) is 16.6 Å². The summed E-state index contributed by atoms with van der Waals surface area (Å²) in [6, 6.07) is 6.68. The number of hydrogen-bond acceptors (Lipinski definition) is 3. The molecule has 18 heavy (non-hydrogen) atoms. The molecular weight excluding hydrogens is 224 g/mol. The maximum atomic E-state index is 4.40. The first-order valence-electron chi connectivity index (χ1n) is 6.67. The molecule has 4 nitrogen and oxygen atoms in total. The van der Waals surface area contributed by atoms with Gasteiger partial charge in [0.1, 0.15) is 0 Å². The number of aromatic nitrogens is 2. The third kappa shape index (κ3) is 1.97. The van der Waals surface area contributed by atoms with E-state index in [2.05, 4.69) is 51.8 Å². The van der Waals surface area contributed by atoms with Gasteiger partial charge in [0.25, 0.3) is 0 Å². The average molecular weight is 244 g/mol. The van der Waals surface area contributed by atoms with Gasteiger partial charge in [-0.3, -0.25) is 4.68 Å². The predicted octanol–water partition coefficient (Wildman–Crippen LogP) is 1.81. The molecule has 0 radical (unpaired) electrons. The van der Waals surface area contributed by atoms with E-state index in [1.54, 1.807) is 0 Å². The number of likely N-dealkylation sites (N-methyl/N-ethyl adjacent to an activating group) is 1. The Balaban J connectivity index is 1.92. The van der Waals surface area contributed by atoms with Crippen molar-refractivity contribution in [3.63, 3.8) is 0 Å². The van der Waals surface area contributed by atoms with Crippen LogP contribution in [0.15, 0.2) is 24.4 Å². The lowest BCUT2D eigenvalue weighted by Gasteiger charge is -2.34. The first kappa shape index (κ1) is 11.5. The molecule has 0 amide bonds. The van der Waals surface area contributed by atoms with Crippen LogP contribution in [-0.2, 0) is 6.54 Å². The summed E-state index contributed by atoms with van der Waals surface area (Å²) < 4.78 is 2.06. The number of fused-ring (bicyclic) bond motifs is 1. The standard InChI is InChI=1S/C14H20N4/c1-3-18-14-10-13(5-4-12(14)11-15-18)17-8-6-16(2)7-9-17/h4-5,10-11H,3,6-9H2,1-2H3. The Morgan fingerprint density at radius 2 is 1.94 bits per heavy atom. The number of anilines is 1. The molecule has 0 spiro atoms. The molecule has 0 aliphatic carbocycles. The van der Waals surface area contributed by atoms with Crippen LogP contribution in [-0.4, -0.2) is 47.9 Å². The molecule has 4 heteroatoms. The summed E-state index contributed by atoms with van der Waals surface area (Å²) in [5.41, 5.74) is 2.57. The summed E-state index contributed by atoms with van der Waals surface area (Å²) in [7, 11) is 2.19. The summed E-state index contributed by atoms with van der Waals surface area (Å²) in [6.45, 7) is 7.57. The SMILES string of the molecule is CCn1ncc2ccc(N3CCN(C)CC3)cc21. The van der Waals surface area contributed by atoms with E-state index in [9.17, 15) is 0 Å². The third-order valence-electron chi connectivity index (χ3n) is 3.80. The van der Waals surface area contributed by atoms with Gasteiger partial charge >= 0.3 is 0 Å². The summed E-state index contributed by atoms with van der Waals surface area (Å²) >= 11 is 0. The second-order valence-corrected chi connectivity index (χ2v) is 4.99. The highest BCUT2D eigenvalue weighted by Crippen LogP contribution is 2.23. The molecule has 1 aliphatic heterocycles. The van der Waals surface area contributed by atoms with Crippen LogP contribution in [0.1, 0.15) is 6.92 Å². The molecule has 0 atom stereocenters. The lowest BCUT2D eigenvalue weighted by atomic mass is 10.2. The summed E-state index contributed by atoms with van der Waals surface area (Å²) in [5, 5.41) is 5.63. The van der Waals surface area contributed by atoms with Crippen LogP contribution < -0.4 is 4.90 Å². The van der Waals surface area contributed by atoms with Gasteiger partial charge in [-0.15, -0.1) is 0 Å². The van der Waals surface area contributed by atoms with Gasteiger partial charge in [-0.25, -0.2) is 0 Å². The Labute approximate surface area is 108 Å². The number of rotatable bonds is 2. The minimum Gasteiger partial charge on any atom is -0.369 e. The predicted molar refractivity (Wildman–Crippen MR) is 75.1 cm³/mol. The van der Waals surface area contributed by atoms with Crippen LogP contribution >= 0.6 is 0 Å². The molecule has 1 aromatic heterocycles. The van der Waals surface area contributed by atoms with Gasteiger partial charge in [0.2, 0.25) is 0 Å². The van der Waals surface area contributed by atoms with E-state index < -0.39 is 0 Å². The van der Waals surface area contributed by atoms with E-state index in [0.29, 0.717) is 0 Å². The van der Waals surface area contributed by atoms with Crippen molar-refractivity contribution in [1.82, 2.24) is 14.7 Å². The molecule has 3 rings (SSSR count). The molecule has 0 N–H and O–H groups in total. The van der Waals surface area contributed by atoms with Crippen LogP contribution in [0.25, 0.3) is 10.9 Å². The zero-order valence-corrected chi connectivity index (χ0v) is 11.1. The second kappa shape index (κ2) is 4.61. The summed E-state index contributed by atoms with van der Waals surface area (Å²) in [4.78, 5) is 4.85. The largest absolute Gasteiger partial charge is 0.369 e. The fourth-order valence-electron chi connectivity index (χ4n) is 2.57. The number of hydrogen-bond donors (Lipinski definition) is 0. The second-order valence-electron chi connectivity index (χ2n) is 4.99. The van der Waals surface area contributed by atoms with Gasteiger partial charge in [-0.2, -0.15) is 5.10 Å². The van der Waals surface area contributed by atoms with E-state index in [4.69, 9.17) is 0 Å². The molecule has 0 unspecified atom stereocenters. The summed E-state index contributed by atoms with van der Waals surface area (Å²) in [5.74, 6) is 0. The molecule has 2 heterocycles. The van der Waals surface area contributed by atoms with Crippen LogP contribution in [0.3, 0.4) is 0 Å². The van der Waals surface area contributed by atoms with E-state index in [-0.39, 0.29) is 0 Å². The van der Waals surface area contributed by atoms with Crippen molar-refractivity contribution in [1.29, 1.82) is 0 Å². The van der Waals surface area contributed by atoms with E-state index in [1.807, 2.05) is 6.20 Å². The van der Waals surface area contributed by atoms with Crippen LogP contribution in [0.4, 0.5) is 5.69 Å². The minimum atomic E-state index is 0.926. The molecular formula is C14H20N4. The van der Waals surface area contributed by atoms with Gasteiger partial charge in [0.05, 0.1) is 11.7 Å². The van der Waals surface area contributed by atoms with Gasteiger partial charge in [0, 0.05) is 43.8 Å². The van der Waals surface area contributed by atoms with Crippen LogP contribution in [0, 0.1) is 0 Å². The molecule has 1 aliphatic rings. The van der Waals surface area contributed by atoms with Crippen LogP contribution in [0.2, 0.25) is 0 Å². The van der Waals surface area contributed by atoms with Gasteiger partial charge in [-0.05, 0) is 32.2 Å². The molecule has 2 aromatic rings. The van der Waals surface area contributed by atoms with E-state index in [0.717, 1.165) is 32.7 Å². The maximum absolute atomic E-state index is 4.40. The Kier molecular flexibility index (Phi) is 2.96. The first-order chi connectivity index (χ1) is 8.78. The topological polar surface area (TPSA) is 24.3 Å². The maximum Gasteiger partial charge on any atom is 0.0702 e. The number of aryl methyl sites for hydroxylation is 1. The quantitative estimate of drug-likeness (QED) is 0.805. The Morgan fingerprint density at radius 1 is 1.17 bits per heavy atom.